The Bertz CT molecular complexity index is 641. The molecule has 98 valence electrons. The summed E-state index contributed by atoms with van der Waals surface area (Å²) in [7, 11) is 1.45. The highest BCUT2D eigenvalue weighted by Crippen LogP contribution is 2.26. The maximum absolute atomic E-state index is 13.4. The van der Waals surface area contributed by atoms with Gasteiger partial charge in [-0.1, -0.05) is 23.2 Å². The molecule has 19 heavy (non-hydrogen) atoms. The van der Waals surface area contributed by atoms with E-state index in [-0.39, 0.29) is 21.9 Å². The smallest absolute Gasteiger partial charge is 0.196 e. The number of ether oxygens (including phenoxy) is 1. The minimum atomic E-state index is -0.645. The fourth-order valence-corrected chi connectivity index (χ4v) is 1.94. The highest BCUT2D eigenvalue weighted by atomic mass is 35.5. The average molecular weight is 299 g/mol. The van der Waals surface area contributed by atoms with Gasteiger partial charge in [-0.05, 0) is 36.4 Å². The molecule has 0 atom stereocenters. The maximum atomic E-state index is 13.4. The van der Waals surface area contributed by atoms with Crippen LogP contribution >= 0.6 is 23.2 Å². The van der Waals surface area contributed by atoms with E-state index in [1.807, 2.05) is 0 Å². The van der Waals surface area contributed by atoms with Gasteiger partial charge in [-0.15, -0.1) is 0 Å². The van der Waals surface area contributed by atoms with E-state index < -0.39 is 5.82 Å². The normalized spacial score (nSPS) is 10.3. The Morgan fingerprint density at radius 3 is 2.53 bits per heavy atom. The van der Waals surface area contributed by atoms with Gasteiger partial charge in [-0.2, -0.15) is 0 Å². The van der Waals surface area contributed by atoms with Crippen LogP contribution in [0.4, 0.5) is 4.39 Å². The van der Waals surface area contributed by atoms with Crippen LogP contribution in [0.25, 0.3) is 0 Å². The first kappa shape index (κ1) is 13.8. The summed E-state index contributed by atoms with van der Waals surface area (Å²) < 4.78 is 18.5. The Labute approximate surface area is 119 Å². The second kappa shape index (κ2) is 5.59. The lowest BCUT2D eigenvalue weighted by molar-refractivity contribution is 0.103. The first-order valence-corrected chi connectivity index (χ1v) is 6.12. The lowest BCUT2D eigenvalue weighted by atomic mass is 10.0. The van der Waals surface area contributed by atoms with Gasteiger partial charge in [0.1, 0.15) is 11.6 Å². The van der Waals surface area contributed by atoms with Crippen molar-refractivity contribution < 1.29 is 13.9 Å². The Morgan fingerprint density at radius 2 is 1.89 bits per heavy atom. The Balaban J connectivity index is 2.49. The van der Waals surface area contributed by atoms with Crippen molar-refractivity contribution in [2.45, 2.75) is 0 Å². The summed E-state index contributed by atoms with van der Waals surface area (Å²) in [6.07, 6.45) is 0. The Morgan fingerprint density at radius 1 is 1.16 bits per heavy atom. The van der Waals surface area contributed by atoms with Gasteiger partial charge in [-0.25, -0.2) is 4.39 Å². The number of ketones is 1. The molecule has 0 unspecified atom stereocenters. The molecule has 2 aromatic carbocycles. The summed E-state index contributed by atoms with van der Waals surface area (Å²) in [6.45, 7) is 0. The van der Waals surface area contributed by atoms with Gasteiger partial charge in [0.15, 0.2) is 5.78 Å². The summed E-state index contributed by atoms with van der Waals surface area (Å²) in [4.78, 5) is 12.3. The van der Waals surface area contributed by atoms with Crippen LogP contribution in [0.5, 0.6) is 5.75 Å². The predicted molar refractivity (Wildman–Crippen MR) is 72.8 cm³/mol. The van der Waals surface area contributed by atoms with E-state index >= 15 is 0 Å². The van der Waals surface area contributed by atoms with E-state index in [1.54, 1.807) is 12.1 Å². The third-order valence-corrected chi connectivity index (χ3v) is 3.13. The third kappa shape index (κ3) is 2.88. The highest BCUT2D eigenvalue weighted by Gasteiger charge is 2.16. The van der Waals surface area contributed by atoms with Crippen LogP contribution in [0, 0.1) is 5.82 Å². The van der Waals surface area contributed by atoms with Crippen molar-refractivity contribution in [1.82, 2.24) is 0 Å². The van der Waals surface area contributed by atoms with Gasteiger partial charge in [-0.3, -0.25) is 4.79 Å². The van der Waals surface area contributed by atoms with Gasteiger partial charge in [0.2, 0.25) is 0 Å². The zero-order valence-electron chi connectivity index (χ0n) is 9.91. The van der Waals surface area contributed by atoms with E-state index in [2.05, 4.69) is 0 Å². The summed E-state index contributed by atoms with van der Waals surface area (Å²) in [5.74, 6) is -0.645. The Kier molecular flexibility index (Phi) is 4.08. The van der Waals surface area contributed by atoms with Crippen molar-refractivity contribution in [2.75, 3.05) is 7.11 Å². The minimum absolute atomic E-state index is 0.0328. The number of methoxy groups -OCH3 is 1. The monoisotopic (exact) mass is 298 g/mol. The van der Waals surface area contributed by atoms with Crippen molar-refractivity contribution in [3.05, 3.63) is 63.4 Å². The summed E-state index contributed by atoms with van der Waals surface area (Å²) in [5, 5.41) is 0.369. The molecule has 0 N–H and O–H groups in total. The molecule has 0 bridgehead atoms. The van der Waals surface area contributed by atoms with Crippen molar-refractivity contribution in [2.24, 2.45) is 0 Å². The number of carbonyl (C=O) groups is 1. The highest BCUT2D eigenvalue weighted by molar-refractivity contribution is 6.31. The molecule has 2 rings (SSSR count). The molecule has 0 aliphatic carbocycles. The van der Waals surface area contributed by atoms with Crippen LogP contribution in [-0.2, 0) is 0 Å². The molecule has 0 radical (unpaired) electrons. The quantitative estimate of drug-likeness (QED) is 0.787. The van der Waals surface area contributed by atoms with E-state index in [1.165, 1.54) is 25.3 Å². The van der Waals surface area contributed by atoms with Crippen LogP contribution < -0.4 is 4.74 Å². The number of benzene rings is 2. The van der Waals surface area contributed by atoms with Crippen LogP contribution in [0.1, 0.15) is 15.9 Å². The molecule has 0 aliphatic rings. The van der Waals surface area contributed by atoms with Gasteiger partial charge >= 0.3 is 0 Å². The second-order valence-electron chi connectivity index (χ2n) is 3.80. The maximum Gasteiger partial charge on any atom is 0.196 e. The molecule has 0 aromatic heterocycles. The molecule has 0 fully saturated rings. The molecule has 2 nitrogen and oxygen atoms in total. The van der Waals surface area contributed by atoms with Gasteiger partial charge in [0, 0.05) is 10.6 Å². The molecule has 5 heteroatoms. The summed E-state index contributed by atoms with van der Waals surface area (Å²) >= 11 is 11.4. The van der Waals surface area contributed by atoms with Crippen LogP contribution in [0.2, 0.25) is 10.0 Å². The van der Waals surface area contributed by atoms with Crippen molar-refractivity contribution in [1.29, 1.82) is 0 Å². The lowest BCUT2D eigenvalue weighted by Crippen LogP contribution is -2.04. The molecule has 0 aliphatic heterocycles. The molecular weight excluding hydrogens is 290 g/mol. The molecule has 0 spiro atoms. The Hall–Kier alpha value is -1.58. The molecule has 0 saturated carbocycles. The minimum Gasteiger partial charge on any atom is -0.496 e. The number of hydrogen-bond acceptors (Lipinski definition) is 2. The van der Waals surface area contributed by atoms with E-state index in [4.69, 9.17) is 27.9 Å². The number of halogens is 3. The standard InChI is InChI=1S/C14H9Cl2FO2/c1-19-13-5-3-9(15)7-10(13)14(18)8-2-4-11(16)12(17)6-8/h2-7H,1H3. The van der Waals surface area contributed by atoms with Crippen molar-refractivity contribution in [3.8, 4) is 5.75 Å². The zero-order chi connectivity index (χ0) is 14.0. The van der Waals surface area contributed by atoms with Crippen LogP contribution in [-0.4, -0.2) is 12.9 Å². The number of rotatable bonds is 3. The number of hydrogen-bond donors (Lipinski definition) is 0. The SMILES string of the molecule is COc1ccc(Cl)cc1C(=O)c1ccc(Cl)c(F)c1. The molecule has 2 aromatic rings. The third-order valence-electron chi connectivity index (χ3n) is 2.59. The van der Waals surface area contributed by atoms with E-state index in [9.17, 15) is 9.18 Å². The topological polar surface area (TPSA) is 26.3 Å². The predicted octanol–water partition coefficient (Wildman–Crippen LogP) is 4.37. The first-order valence-electron chi connectivity index (χ1n) is 5.36. The first-order chi connectivity index (χ1) is 9.02. The summed E-state index contributed by atoms with van der Waals surface area (Å²) in [6, 6.07) is 8.55. The summed E-state index contributed by atoms with van der Waals surface area (Å²) in [5.41, 5.74) is 0.458. The van der Waals surface area contributed by atoms with Gasteiger partial charge < -0.3 is 4.74 Å². The fourth-order valence-electron chi connectivity index (χ4n) is 1.65. The van der Waals surface area contributed by atoms with Crippen LogP contribution in [0.3, 0.4) is 0 Å². The largest absolute Gasteiger partial charge is 0.496 e. The number of carbonyl (C=O) groups excluding carboxylic acids is 1. The van der Waals surface area contributed by atoms with Gasteiger partial charge in [0.25, 0.3) is 0 Å². The zero-order valence-corrected chi connectivity index (χ0v) is 11.4. The van der Waals surface area contributed by atoms with Crippen molar-refractivity contribution in [3.63, 3.8) is 0 Å². The average Bonchev–Trinajstić information content (AvgIpc) is 2.41. The van der Waals surface area contributed by atoms with E-state index in [0.717, 1.165) is 6.07 Å². The molecule has 0 saturated heterocycles. The molecule has 0 amide bonds. The van der Waals surface area contributed by atoms with Crippen LogP contribution in [0.15, 0.2) is 36.4 Å². The second-order valence-corrected chi connectivity index (χ2v) is 4.65. The molecular formula is C14H9Cl2FO2. The lowest BCUT2D eigenvalue weighted by Gasteiger charge is -2.08. The molecule has 0 heterocycles. The van der Waals surface area contributed by atoms with Gasteiger partial charge in [0.05, 0.1) is 17.7 Å². The van der Waals surface area contributed by atoms with Crippen molar-refractivity contribution >= 4 is 29.0 Å². The fraction of sp³-hybridized carbons (Fsp3) is 0.0714. The van der Waals surface area contributed by atoms with E-state index in [0.29, 0.717) is 10.8 Å².